The number of amides is 2. The molecule has 24 heavy (non-hydrogen) atoms. The van der Waals surface area contributed by atoms with Gasteiger partial charge in [-0.3, -0.25) is 14.5 Å². The van der Waals surface area contributed by atoms with Crippen molar-refractivity contribution in [2.75, 3.05) is 12.0 Å². The van der Waals surface area contributed by atoms with Crippen LogP contribution in [0.15, 0.2) is 39.7 Å². The molecule has 0 aliphatic carbocycles. The minimum absolute atomic E-state index is 0.000743. The third-order valence-electron chi connectivity index (χ3n) is 3.26. The zero-order chi connectivity index (χ0) is 17.3. The number of halogens is 2. The van der Waals surface area contributed by atoms with E-state index in [9.17, 15) is 9.59 Å². The molecule has 1 aromatic heterocycles. The first-order valence-corrected chi connectivity index (χ1v) is 8.52. The van der Waals surface area contributed by atoms with Gasteiger partial charge in [-0.25, -0.2) is 0 Å². The lowest BCUT2D eigenvalue weighted by Gasteiger charge is -2.15. The van der Waals surface area contributed by atoms with E-state index in [4.69, 9.17) is 27.6 Å². The Morgan fingerprint density at radius 1 is 1.25 bits per heavy atom. The van der Waals surface area contributed by atoms with Crippen molar-refractivity contribution in [1.82, 2.24) is 4.90 Å². The summed E-state index contributed by atoms with van der Waals surface area (Å²) in [4.78, 5) is 25.9. The fraction of sp³-hybridized carbons (Fsp3) is 0.125. The molecule has 0 saturated carbocycles. The molecule has 1 saturated heterocycles. The summed E-state index contributed by atoms with van der Waals surface area (Å²) in [5.74, 6) is 0.881. The van der Waals surface area contributed by atoms with E-state index in [2.05, 4.69) is 5.32 Å². The van der Waals surface area contributed by atoms with Crippen molar-refractivity contribution in [2.45, 2.75) is 6.92 Å². The highest BCUT2D eigenvalue weighted by molar-refractivity contribution is 8.18. The maximum absolute atomic E-state index is 12.4. The van der Waals surface area contributed by atoms with Gasteiger partial charge in [-0.1, -0.05) is 23.2 Å². The highest BCUT2D eigenvalue weighted by Crippen LogP contribution is 2.33. The third kappa shape index (κ3) is 3.61. The molecule has 0 bridgehead atoms. The molecule has 0 unspecified atom stereocenters. The van der Waals surface area contributed by atoms with Gasteiger partial charge in [-0.05, 0) is 49.0 Å². The number of thioether (sulfide) groups is 1. The van der Waals surface area contributed by atoms with E-state index in [1.54, 1.807) is 36.4 Å². The SMILES string of the molecule is Cc1ccc(C=C2SC(=O)N(CNc3cc(Cl)ccc3Cl)C2=O)o1. The van der Waals surface area contributed by atoms with E-state index in [1.807, 2.05) is 6.92 Å². The largest absolute Gasteiger partial charge is 0.462 e. The van der Waals surface area contributed by atoms with E-state index in [1.165, 1.54) is 0 Å². The number of aryl methyl sites for hydroxylation is 1. The van der Waals surface area contributed by atoms with Crippen LogP contribution in [-0.2, 0) is 4.79 Å². The zero-order valence-electron chi connectivity index (χ0n) is 12.5. The maximum atomic E-state index is 12.4. The first kappa shape index (κ1) is 17.0. The molecule has 1 fully saturated rings. The van der Waals surface area contributed by atoms with Crippen molar-refractivity contribution in [3.8, 4) is 0 Å². The summed E-state index contributed by atoms with van der Waals surface area (Å²) >= 11 is 12.8. The van der Waals surface area contributed by atoms with Crippen molar-refractivity contribution in [2.24, 2.45) is 0 Å². The van der Waals surface area contributed by atoms with Crippen LogP contribution < -0.4 is 5.32 Å². The second-order valence-electron chi connectivity index (χ2n) is 5.02. The number of carbonyl (C=O) groups is 2. The van der Waals surface area contributed by atoms with Gasteiger partial charge in [-0.15, -0.1) is 0 Å². The summed E-state index contributed by atoms with van der Waals surface area (Å²) < 4.78 is 5.40. The number of carbonyl (C=O) groups excluding carboxylic acids is 2. The number of imide groups is 1. The average Bonchev–Trinajstić information content (AvgIpc) is 3.05. The van der Waals surface area contributed by atoms with Gasteiger partial charge in [0.05, 0.1) is 22.3 Å². The normalized spacial score (nSPS) is 16.3. The quantitative estimate of drug-likeness (QED) is 0.753. The Labute approximate surface area is 152 Å². The van der Waals surface area contributed by atoms with Gasteiger partial charge in [0.25, 0.3) is 11.1 Å². The third-order valence-corrected chi connectivity index (χ3v) is 4.74. The molecular weight excluding hydrogens is 371 g/mol. The maximum Gasteiger partial charge on any atom is 0.295 e. The van der Waals surface area contributed by atoms with Crippen molar-refractivity contribution in [1.29, 1.82) is 0 Å². The molecule has 0 radical (unpaired) electrons. The summed E-state index contributed by atoms with van der Waals surface area (Å²) in [5.41, 5.74) is 0.550. The summed E-state index contributed by atoms with van der Waals surface area (Å²) in [6.07, 6.45) is 1.56. The molecule has 2 heterocycles. The topological polar surface area (TPSA) is 62.6 Å². The summed E-state index contributed by atoms with van der Waals surface area (Å²) in [7, 11) is 0. The number of nitrogens with one attached hydrogen (secondary N) is 1. The van der Waals surface area contributed by atoms with Crippen LogP contribution in [-0.4, -0.2) is 22.7 Å². The Morgan fingerprint density at radius 3 is 2.75 bits per heavy atom. The Bertz CT molecular complexity index is 848. The molecule has 1 aromatic carbocycles. The number of rotatable bonds is 4. The lowest BCUT2D eigenvalue weighted by Crippen LogP contribution is -2.33. The predicted octanol–water partition coefficient (Wildman–Crippen LogP) is 5.00. The number of furan rings is 1. The molecule has 2 amide bonds. The highest BCUT2D eigenvalue weighted by Gasteiger charge is 2.35. The first-order valence-electron chi connectivity index (χ1n) is 6.95. The Morgan fingerprint density at radius 2 is 2.04 bits per heavy atom. The van der Waals surface area contributed by atoms with Crippen molar-refractivity contribution >= 4 is 57.9 Å². The van der Waals surface area contributed by atoms with Gasteiger partial charge in [-0.2, -0.15) is 0 Å². The second-order valence-corrected chi connectivity index (χ2v) is 6.85. The van der Waals surface area contributed by atoms with Crippen LogP contribution in [0.3, 0.4) is 0 Å². The minimum Gasteiger partial charge on any atom is -0.462 e. The molecule has 1 aliphatic rings. The lowest BCUT2D eigenvalue weighted by atomic mass is 10.3. The summed E-state index contributed by atoms with van der Waals surface area (Å²) in [6, 6.07) is 8.46. The van der Waals surface area contributed by atoms with Crippen molar-refractivity contribution < 1.29 is 14.0 Å². The van der Waals surface area contributed by atoms with Crippen LogP contribution in [0.25, 0.3) is 6.08 Å². The van der Waals surface area contributed by atoms with E-state index < -0.39 is 0 Å². The van der Waals surface area contributed by atoms with Crippen molar-refractivity contribution in [3.63, 3.8) is 0 Å². The molecule has 2 aromatic rings. The number of hydrogen-bond donors (Lipinski definition) is 1. The Balaban J connectivity index is 1.73. The van der Waals surface area contributed by atoms with Crippen LogP contribution in [0.5, 0.6) is 0 Å². The molecule has 1 N–H and O–H groups in total. The molecule has 0 spiro atoms. The average molecular weight is 383 g/mol. The number of benzene rings is 1. The van der Waals surface area contributed by atoms with Crippen LogP contribution in [0.1, 0.15) is 11.5 Å². The molecular formula is C16H12Cl2N2O3S. The second kappa shape index (κ2) is 6.93. The number of anilines is 1. The van der Waals surface area contributed by atoms with Crippen LogP contribution in [0.4, 0.5) is 10.5 Å². The standard InChI is InChI=1S/C16H12Cl2N2O3S/c1-9-2-4-11(23-9)7-14-15(21)20(16(22)24-14)8-19-13-6-10(17)3-5-12(13)18/h2-7,19H,8H2,1H3. The number of hydrogen-bond acceptors (Lipinski definition) is 5. The smallest absolute Gasteiger partial charge is 0.295 e. The Hall–Kier alpha value is -1.89. The highest BCUT2D eigenvalue weighted by atomic mass is 35.5. The zero-order valence-corrected chi connectivity index (χ0v) is 14.8. The van der Waals surface area contributed by atoms with E-state index in [0.717, 1.165) is 22.4 Å². The molecule has 0 atom stereocenters. The van der Waals surface area contributed by atoms with Crippen LogP contribution in [0.2, 0.25) is 10.0 Å². The van der Waals surface area contributed by atoms with Gasteiger partial charge in [0.15, 0.2) is 0 Å². The number of nitrogens with zero attached hydrogens (tertiary/aromatic N) is 1. The summed E-state index contributed by atoms with van der Waals surface area (Å²) in [6.45, 7) is 1.81. The van der Waals surface area contributed by atoms with Gasteiger partial charge < -0.3 is 9.73 Å². The molecule has 1 aliphatic heterocycles. The first-order chi connectivity index (χ1) is 11.4. The molecule has 124 valence electrons. The molecule has 5 nitrogen and oxygen atoms in total. The molecule has 8 heteroatoms. The Kier molecular flexibility index (Phi) is 4.89. The van der Waals surface area contributed by atoms with Crippen LogP contribution >= 0.6 is 35.0 Å². The van der Waals surface area contributed by atoms with Gasteiger partial charge >= 0.3 is 0 Å². The van der Waals surface area contributed by atoms with E-state index >= 15 is 0 Å². The van der Waals surface area contributed by atoms with Gasteiger partial charge in [0.2, 0.25) is 0 Å². The van der Waals surface area contributed by atoms with E-state index in [-0.39, 0.29) is 17.8 Å². The van der Waals surface area contributed by atoms with Gasteiger partial charge in [0.1, 0.15) is 11.5 Å². The monoisotopic (exact) mass is 382 g/mol. The fourth-order valence-corrected chi connectivity index (χ4v) is 3.27. The summed E-state index contributed by atoms with van der Waals surface area (Å²) in [5, 5.41) is 3.54. The van der Waals surface area contributed by atoms with Gasteiger partial charge in [0, 0.05) is 11.1 Å². The lowest BCUT2D eigenvalue weighted by molar-refractivity contribution is -0.122. The fourth-order valence-electron chi connectivity index (χ4n) is 2.09. The predicted molar refractivity (Wildman–Crippen MR) is 96.2 cm³/mol. The van der Waals surface area contributed by atoms with Crippen LogP contribution in [0, 0.1) is 6.92 Å². The molecule has 3 rings (SSSR count). The minimum atomic E-state index is -0.385. The van der Waals surface area contributed by atoms with E-state index in [0.29, 0.717) is 26.4 Å². The van der Waals surface area contributed by atoms with Crippen molar-refractivity contribution in [3.05, 3.63) is 56.8 Å².